The summed E-state index contributed by atoms with van der Waals surface area (Å²) in [5, 5.41) is 3.70. The zero-order valence-electron chi connectivity index (χ0n) is 8.89. The van der Waals surface area contributed by atoms with Crippen LogP contribution in [0.4, 0.5) is 0 Å². The standard InChI is InChI=1S/C12H23N/c1-10-6-7-12(13-9-10)8-11-4-2-3-5-11/h10-13H,2-9H2,1H3. The lowest BCUT2D eigenvalue weighted by atomic mass is 9.89. The minimum absolute atomic E-state index is 0.860. The van der Waals surface area contributed by atoms with Crippen molar-refractivity contribution in [2.24, 2.45) is 11.8 Å². The molecule has 1 nitrogen and oxygen atoms in total. The molecular weight excluding hydrogens is 158 g/mol. The molecule has 0 radical (unpaired) electrons. The van der Waals surface area contributed by atoms with Gasteiger partial charge in [0.15, 0.2) is 0 Å². The van der Waals surface area contributed by atoms with Crippen LogP contribution in [-0.2, 0) is 0 Å². The second-order valence-corrected chi connectivity index (χ2v) is 5.17. The van der Waals surface area contributed by atoms with Crippen LogP contribution in [0.1, 0.15) is 51.9 Å². The van der Waals surface area contributed by atoms with E-state index >= 15 is 0 Å². The Bertz CT molecular complexity index is 141. The quantitative estimate of drug-likeness (QED) is 0.690. The Morgan fingerprint density at radius 3 is 2.46 bits per heavy atom. The first kappa shape index (κ1) is 9.51. The third kappa shape index (κ3) is 2.70. The van der Waals surface area contributed by atoms with Crippen molar-refractivity contribution in [3.05, 3.63) is 0 Å². The highest BCUT2D eigenvalue weighted by atomic mass is 14.9. The van der Waals surface area contributed by atoms with E-state index in [1.165, 1.54) is 51.5 Å². The highest BCUT2D eigenvalue weighted by molar-refractivity contribution is 4.80. The molecule has 1 saturated heterocycles. The van der Waals surface area contributed by atoms with E-state index in [1.54, 1.807) is 0 Å². The average molecular weight is 181 g/mol. The maximum atomic E-state index is 3.70. The molecule has 0 bridgehead atoms. The predicted octanol–water partition coefficient (Wildman–Crippen LogP) is 2.95. The van der Waals surface area contributed by atoms with E-state index < -0.39 is 0 Å². The first-order chi connectivity index (χ1) is 6.34. The van der Waals surface area contributed by atoms with Crippen LogP contribution in [0.5, 0.6) is 0 Å². The largest absolute Gasteiger partial charge is 0.314 e. The van der Waals surface area contributed by atoms with E-state index in [0.29, 0.717) is 0 Å². The van der Waals surface area contributed by atoms with Crippen molar-refractivity contribution < 1.29 is 0 Å². The average Bonchev–Trinajstić information content (AvgIpc) is 2.62. The van der Waals surface area contributed by atoms with Crippen LogP contribution in [0.3, 0.4) is 0 Å². The fourth-order valence-corrected chi connectivity index (χ4v) is 2.91. The lowest BCUT2D eigenvalue weighted by molar-refractivity contribution is 0.284. The maximum Gasteiger partial charge on any atom is 0.00699 e. The Balaban J connectivity index is 1.69. The van der Waals surface area contributed by atoms with Crippen molar-refractivity contribution in [3.8, 4) is 0 Å². The molecule has 1 heterocycles. The SMILES string of the molecule is CC1CCC(CC2CCCC2)NC1. The molecule has 2 fully saturated rings. The molecule has 1 saturated carbocycles. The number of rotatable bonds is 2. The van der Waals surface area contributed by atoms with E-state index in [2.05, 4.69) is 12.2 Å². The van der Waals surface area contributed by atoms with Crippen molar-refractivity contribution in [1.82, 2.24) is 5.32 Å². The van der Waals surface area contributed by atoms with Crippen LogP contribution in [0.15, 0.2) is 0 Å². The molecule has 13 heavy (non-hydrogen) atoms. The topological polar surface area (TPSA) is 12.0 Å². The maximum absolute atomic E-state index is 3.70. The summed E-state index contributed by atoms with van der Waals surface area (Å²) >= 11 is 0. The molecule has 0 aromatic rings. The van der Waals surface area contributed by atoms with Gasteiger partial charge >= 0.3 is 0 Å². The van der Waals surface area contributed by atoms with Gasteiger partial charge in [0.1, 0.15) is 0 Å². The predicted molar refractivity (Wildman–Crippen MR) is 56.8 cm³/mol. The third-order valence-electron chi connectivity index (χ3n) is 3.86. The fourth-order valence-electron chi connectivity index (χ4n) is 2.91. The summed E-state index contributed by atoms with van der Waals surface area (Å²) in [4.78, 5) is 0. The first-order valence-corrected chi connectivity index (χ1v) is 6.08. The van der Waals surface area contributed by atoms with Gasteiger partial charge in [-0.1, -0.05) is 32.6 Å². The smallest absolute Gasteiger partial charge is 0.00699 e. The van der Waals surface area contributed by atoms with Gasteiger partial charge in [0.05, 0.1) is 0 Å². The van der Waals surface area contributed by atoms with Crippen molar-refractivity contribution in [1.29, 1.82) is 0 Å². The highest BCUT2D eigenvalue weighted by Gasteiger charge is 2.22. The van der Waals surface area contributed by atoms with Crippen molar-refractivity contribution in [2.45, 2.75) is 57.9 Å². The van der Waals surface area contributed by atoms with E-state index in [1.807, 2.05) is 0 Å². The van der Waals surface area contributed by atoms with Gasteiger partial charge in [0.25, 0.3) is 0 Å². The van der Waals surface area contributed by atoms with Crippen molar-refractivity contribution >= 4 is 0 Å². The Morgan fingerprint density at radius 1 is 1.08 bits per heavy atom. The first-order valence-electron chi connectivity index (χ1n) is 6.08. The van der Waals surface area contributed by atoms with Gasteiger partial charge in [-0.3, -0.25) is 0 Å². The molecule has 0 spiro atoms. The summed E-state index contributed by atoms with van der Waals surface area (Å²) < 4.78 is 0. The molecule has 2 unspecified atom stereocenters. The summed E-state index contributed by atoms with van der Waals surface area (Å²) in [6.07, 6.45) is 10.3. The Morgan fingerprint density at radius 2 is 1.85 bits per heavy atom. The van der Waals surface area contributed by atoms with Crippen LogP contribution in [-0.4, -0.2) is 12.6 Å². The second-order valence-electron chi connectivity index (χ2n) is 5.17. The molecule has 2 atom stereocenters. The van der Waals surface area contributed by atoms with Crippen LogP contribution in [0, 0.1) is 11.8 Å². The minimum Gasteiger partial charge on any atom is -0.314 e. The summed E-state index contributed by atoms with van der Waals surface area (Å²) in [6.45, 7) is 3.62. The van der Waals surface area contributed by atoms with E-state index in [0.717, 1.165) is 17.9 Å². The van der Waals surface area contributed by atoms with Gasteiger partial charge in [-0.05, 0) is 37.6 Å². The zero-order valence-corrected chi connectivity index (χ0v) is 8.89. The second kappa shape index (κ2) is 4.45. The molecule has 0 aromatic heterocycles. The molecule has 2 rings (SSSR count). The normalized spacial score (nSPS) is 36.7. The Hall–Kier alpha value is -0.0400. The summed E-state index contributed by atoms with van der Waals surface area (Å²) in [6, 6.07) is 0.860. The van der Waals surface area contributed by atoms with Gasteiger partial charge < -0.3 is 5.32 Å². The molecule has 1 aliphatic heterocycles. The number of hydrogen-bond acceptors (Lipinski definition) is 1. The number of nitrogens with one attached hydrogen (secondary N) is 1. The monoisotopic (exact) mass is 181 g/mol. The fraction of sp³-hybridized carbons (Fsp3) is 1.00. The van der Waals surface area contributed by atoms with Crippen molar-refractivity contribution in [2.75, 3.05) is 6.54 Å². The number of hydrogen-bond donors (Lipinski definition) is 1. The summed E-state index contributed by atoms with van der Waals surface area (Å²) in [7, 11) is 0. The van der Waals surface area contributed by atoms with E-state index in [-0.39, 0.29) is 0 Å². The van der Waals surface area contributed by atoms with Gasteiger partial charge in [-0.25, -0.2) is 0 Å². The Labute approximate surface area is 82.3 Å². The lowest BCUT2D eigenvalue weighted by Crippen LogP contribution is -2.38. The van der Waals surface area contributed by atoms with Crippen molar-refractivity contribution in [3.63, 3.8) is 0 Å². The Kier molecular flexibility index (Phi) is 3.26. The molecule has 76 valence electrons. The van der Waals surface area contributed by atoms with Gasteiger partial charge in [-0.2, -0.15) is 0 Å². The molecule has 2 aliphatic rings. The summed E-state index contributed by atoms with van der Waals surface area (Å²) in [5.74, 6) is 1.98. The molecule has 1 N–H and O–H groups in total. The zero-order chi connectivity index (χ0) is 9.10. The molecular formula is C12H23N. The van der Waals surface area contributed by atoms with E-state index in [9.17, 15) is 0 Å². The molecule has 0 amide bonds. The highest BCUT2D eigenvalue weighted by Crippen LogP contribution is 2.30. The molecule has 1 aliphatic carbocycles. The molecule has 0 aromatic carbocycles. The third-order valence-corrected chi connectivity index (χ3v) is 3.86. The molecule has 1 heteroatoms. The van der Waals surface area contributed by atoms with Crippen LogP contribution in [0.2, 0.25) is 0 Å². The van der Waals surface area contributed by atoms with E-state index in [4.69, 9.17) is 0 Å². The lowest BCUT2D eigenvalue weighted by Gasteiger charge is -2.29. The summed E-state index contributed by atoms with van der Waals surface area (Å²) in [5.41, 5.74) is 0. The van der Waals surface area contributed by atoms with Gasteiger partial charge in [0, 0.05) is 6.04 Å². The van der Waals surface area contributed by atoms with Gasteiger partial charge in [0.2, 0.25) is 0 Å². The van der Waals surface area contributed by atoms with Crippen LogP contribution >= 0.6 is 0 Å². The number of piperidine rings is 1. The minimum atomic E-state index is 0.860. The van der Waals surface area contributed by atoms with Crippen LogP contribution in [0.25, 0.3) is 0 Å². The van der Waals surface area contributed by atoms with Gasteiger partial charge in [-0.15, -0.1) is 0 Å². The van der Waals surface area contributed by atoms with Crippen LogP contribution < -0.4 is 5.32 Å².